The molecule has 1 atom stereocenters. The fourth-order valence-corrected chi connectivity index (χ4v) is 3.36. The van der Waals surface area contributed by atoms with Crippen molar-refractivity contribution in [1.82, 2.24) is 15.5 Å². The summed E-state index contributed by atoms with van der Waals surface area (Å²) in [6.45, 7) is 11.0. The van der Waals surface area contributed by atoms with E-state index in [2.05, 4.69) is 35.5 Å². The van der Waals surface area contributed by atoms with Gasteiger partial charge in [-0.15, -0.1) is 0 Å². The summed E-state index contributed by atoms with van der Waals surface area (Å²) in [5.74, 6) is 0.327. The summed E-state index contributed by atoms with van der Waals surface area (Å²) in [4.78, 5) is 27.8. The molecule has 29 heavy (non-hydrogen) atoms. The molecule has 160 valence electrons. The van der Waals surface area contributed by atoms with E-state index in [1.807, 2.05) is 13.8 Å². The molecule has 1 aliphatic rings. The normalized spacial score (nSPS) is 16.2. The van der Waals surface area contributed by atoms with Crippen molar-refractivity contribution in [2.45, 2.75) is 52.6 Å². The zero-order valence-electron chi connectivity index (χ0n) is 18.3. The van der Waals surface area contributed by atoms with Crippen molar-refractivity contribution in [3.63, 3.8) is 0 Å². The third-order valence-electron chi connectivity index (χ3n) is 5.28. The van der Waals surface area contributed by atoms with Crippen LogP contribution in [0.5, 0.6) is 5.75 Å². The van der Waals surface area contributed by atoms with Gasteiger partial charge in [-0.3, -0.25) is 14.5 Å². The number of hydrogen-bond acceptors (Lipinski definition) is 4. The van der Waals surface area contributed by atoms with Crippen LogP contribution >= 0.6 is 0 Å². The van der Waals surface area contributed by atoms with Crippen LogP contribution < -0.4 is 15.4 Å². The Bertz CT molecular complexity index is 701. The second kappa shape index (κ2) is 11.0. The number of methoxy groups -OCH3 is 1. The zero-order valence-corrected chi connectivity index (χ0v) is 18.3. The molecule has 2 N–H and O–H groups in total. The molecule has 1 unspecified atom stereocenters. The van der Waals surface area contributed by atoms with E-state index < -0.39 is 6.04 Å². The lowest BCUT2D eigenvalue weighted by Crippen LogP contribution is -2.54. The third kappa shape index (κ3) is 7.20. The molecule has 0 spiro atoms. The van der Waals surface area contributed by atoms with Gasteiger partial charge < -0.3 is 15.4 Å². The minimum atomic E-state index is -0.562. The lowest BCUT2D eigenvalue weighted by Gasteiger charge is -2.33. The van der Waals surface area contributed by atoms with Crippen molar-refractivity contribution in [3.8, 4) is 5.75 Å². The van der Waals surface area contributed by atoms with Gasteiger partial charge in [-0.05, 0) is 56.9 Å². The first-order valence-electron chi connectivity index (χ1n) is 10.4. The highest BCUT2D eigenvalue weighted by Gasteiger charge is 2.28. The molecule has 1 aromatic carbocycles. The van der Waals surface area contributed by atoms with Crippen LogP contribution in [0.15, 0.2) is 35.9 Å². The molecule has 0 saturated carbocycles. The van der Waals surface area contributed by atoms with Crippen LogP contribution in [-0.2, 0) is 4.79 Å². The minimum Gasteiger partial charge on any atom is -0.497 e. The van der Waals surface area contributed by atoms with Crippen molar-refractivity contribution < 1.29 is 14.3 Å². The fraction of sp³-hybridized carbons (Fsp3) is 0.565. The smallest absolute Gasteiger partial charge is 0.251 e. The molecule has 2 amide bonds. The van der Waals surface area contributed by atoms with Crippen LogP contribution in [0.3, 0.4) is 0 Å². The van der Waals surface area contributed by atoms with E-state index in [9.17, 15) is 9.59 Å². The number of nitrogens with one attached hydrogen (secondary N) is 2. The largest absolute Gasteiger partial charge is 0.497 e. The predicted molar refractivity (Wildman–Crippen MR) is 116 cm³/mol. The number of nitrogens with zero attached hydrogens (tertiary/aromatic N) is 1. The minimum absolute atomic E-state index is 0.00467. The summed E-state index contributed by atoms with van der Waals surface area (Å²) in [7, 11) is 1.58. The van der Waals surface area contributed by atoms with Gasteiger partial charge in [0.1, 0.15) is 11.8 Å². The first-order chi connectivity index (χ1) is 13.8. The number of ether oxygens (including phenoxy) is 1. The number of hydrogen-bond donors (Lipinski definition) is 2. The Hall–Kier alpha value is -2.34. The SMILES string of the molecule is COc1ccc(C(=O)NC(C(=O)NC2CCN(CC=C(C)C)CC2)C(C)C)cc1. The molecule has 1 heterocycles. The Labute approximate surface area is 174 Å². The molecule has 1 aromatic rings. The van der Waals surface area contributed by atoms with Crippen LogP contribution in [0.1, 0.15) is 50.9 Å². The van der Waals surface area contributed by atoms with E-state index in [-0.39, 0.29) is 23.8 Å². The van der Waals surface area contributed by atoms with Crippen LogP contribution in [0, 0.1) is 5.92 Å². The number of benzene rings is 1. The molecule has 0 radical (unpaired) electrons. The fourth-order valence-electron chi connectivity index (χ4n) is 3.36. The number of amides is 2. The summed E-state index contributed by atoms with van der Waals surface area (Å²) in [6, 6.07) is 6.47. The summed E-state index contributed by atoms with van der Waals surface area (Å²) < 4.78 is 5.12. The van der Waals surface area contributed by atoms with Gasteiger partial charge in [-0.2, -0.15) is 0 Å². The Kier molecular flexibility index (Phi) is 8.70. The molecule has 0 aromatic heterocycles. The van der Waals surface area contributed by atoms with Gasteiger partial charge in [0, 0.05) is 31.2 Å². The van der Waals surface area contributed by atoms with Crippen LogP contribution in [-0.4, -0.2) is 55.5 Å². The van der Waals surface area contributed by atoms with E-state index in [0.29, 0.717) is 11.3 Å². The van der Waals surface area contributed by atoms with Gasteiger partial charge in [0.25, 0.3) is 5.91 Å². The number of likely N-dealkylation sites (tertiary alicyclic amines) is 1. The van der Waals surface area contributed by atoms with Crippen molar-refractivity contribution in [2.24, 2.45) is 5.92 Å². The molecule has 1 fully saturated rings. The van der Waals surface area contributed by atoms with Gasteiger partial charge >= 0.3 is 0 Å². The van der Waals surface area contributed by atoms with E-state index in [1.54, 1.807) is 31.4 Å². The van der Waals surface area contributed by atoms with Crippen molar-refractivity contribution in [3.05, 3.63) is 41.5 Å². The maximum absolute atomic E-state index is 12.8. The van der Waals surface area contributed by atoms with Crippen LogP contribution in [0.2, 0.25) is 0 Å². The standard InChI is InChI=1S/C23H35N3O3/c1-16(2)10-13-26-14-11-19(12-15-26)24-23(28)21(17(3)4)25-22(27)18-6-8-20(29-5)9-7-18/h6-10,17,19,21H,11-15H2,1-5H3,(H,24,28)(H,25,27). The highest BCUT2D eigenvalue weighted by molar-refractivity contribution is 5.97. The van der Waals surface area contributed by atoms with Gasteiger partial charge in [-0.1, -0.05) is 25.5 Å². The molecular weight excluding hydrogens is 366 g/mol. The maximum atomic E-state index is 12.8. The summed E-state index contributed by atoms with van der Waals surface area (Å²) in [5, 5.41) is 6.04. The molecular formula is C23H35N3O3. The maximum Gasteiger partial charge on any atom is 0.251 e. The van der Waals surface area contributed by atoms with E-state index in [4.69, 9.17) is 4.74 Å². The molecule has 1 aliphatic heterocycles. The van der Waals surface area contributed by atoms with E-state index >= 15 is 0 Å². The zero-order chi connectivity index (χ0) is 21.4. The summed E-state index contributed by atoms with van der Waals surface area (Å²) in [6.07, 6.45) is 4.10. The van der Waals surface area contributed by atoms with Gasteiger partial charge in [0.2, 0.25) is 5.91 Å². The predicted octanol–water partition coefficient (Wildman–Crippen LogP) is 3.00. The second-order valence-corrected chi connectivity index (χ2v) is 8.29. The molecule has 0 aliphatic carbocycles. The molecule has 1 saturated heterocycles. The van der Waals surface area contributed by atoms with Crippen LogP contribution in [0.25, 0.3) is 0 Å². The summed E-state index contributed by atoms with van der Waals surface area (Å²) >= 11 is 0. The first-order valence-corrected chi connectivity index (χ1v) is 10.4. The average molecular weight is 402 g/mol. The van der Waals surface area contributed by atoms with Crippen molar-refractivity contribution in [2.75, 3.05) is 26.7 Å². The Balaban J connectivity index is 1.89. The Morgan fingerprint density at radius 2 is 1.79 bits per heavy atom. The van der Waals surface area contributed by atoms with E-state index in [1.165, 1.54) is 5.57 Å². The highest BCUT2D eigenvalue weighted by Crippen LogP contribution is 2.14. The molecule has 2 rings (SSSR count). The topological polar surface area (TPSA) is 70.7 Å². The Morgan fingerprint density at radius 1 is 1.17 bits per heavy atom. The van der Waals surface area contributed by atoms with Gasteiger partial charge in [-0.25, -0.2) is 0 Å². The van der Waals surface area contributed by atoms with Gasteiger partial charge in [0.05, 0.1) is 7.11 Å². The van der Waals surface area contributed by atoms with Crippen molar-refractivity contribution in [1.29, 1.82) is 0 Å². The second-order valence-electron chi connectivity index (χ2n) is 8.29. The lowest BCUT2D eigenvalue weighted by molar-refractivity contribution is -0.125. The highest BCUT2D eigenvalue weighted by atomic mass is 16.5. The number of piperidine rings is 1. The molecule has 0 bridgehead atoms. The average Bonchev–Trinajstić information content (AvgIpc) is 2.71. The van der Waals surface area contributed by atoms with E-state index in [0.717, 1.165) is 32.5 Å². The quantitative estimate of drug-likeness (QED) is 0.657. The first kappa shape index (κ1) is 22.9. The van der Waals surface area contributed by atoms with Gasteiger partial charge in [0.15, 0.2) is 0 Å². The third-order valence-corrected chi connectivity index (χ3v) is 5.28. The number of rotatable bonds is 8. The van der Waals surface area contributed by atoms with Crippen molar-refractivity contribution >= 4 is 11.8 Å². The number of carbonyl (C=O) groups is 2. The Morgan fingerprint density at radius 3 is 2.31 bits per heavy atom. The molecule has 6 nitrogen and oxygen atoms in total. The molecule has 6 heteroatoms. The summed E-state index contributed by atoms with van der Waals surface area (Å²) in [5.41, 5.74) is 1.84. The number of allylic oxidation sites excluding steroid dienone is 1. The lowest BCUT2D eigenvalue weighted by atomic mass is 10.00. The monoisotopic (exact) mass is 401 g/mol. The number of carbonyl (C=O) groups excluding carboxylic acids is 2. The van der Waals surface area contributed by atoms with Crippen LogP contribution in [0.4, 0.5) is 0 Å².